The van der Waals surface area contributed by atoms with Crippen LogP contribution in [-0.4, -0.2) is 9.91 Å². The van der Waals surface area contributed by atoms with Gasteiger partial charge in [-0.15, -0.1) is 0 Å². The number of nitrogen functional groups attached to an aromatic ring is 1. The molecule has 2 N–H and O–H groups in total. The van der Waals surface area contributed by atoms with Crippen LogP contribution in [0.25, 0.3) is 0 Å². The summed E-state index contributed by atoms with van der Waals surface area (Å²) in [6.45, 7) is 0. The van der Waals surface area contributed by atoms with Crippen molar-refractivity contribution in [3.63, 3.8) is 0 Å². The van der Waals surface area contributed by atoms with Crippen LogP contribution in [0.15, 0.2) is 36.4 Å². The van der Waals surface area contributed by atoms with Crippen molar-refractivity contribution in [1.29, 1.82) is 0 Å². The maximum Gasteiger partial charge on any atom is 0.313 e. The maximum atomic E-state index is 10.9. The lowest BCUT2D eigenvalue weighted by Gasteiger charge is -2.07. The van der Waals surface area contributed by atoms with Crippen LogP contribution in [-0.2, 0) is 0 Å². The molecule has 0 aliphatic carbocycles. The predicted octanol–water partition coefficient (Wildman–Crippen LogP) is 3.02. The molecule has 0 saturated carbocycles. The third-order valence-electron chi connectivity index (χ3n) is 2.09. The van der Waals surface area contributed by atoms with Gasteiger partial charge in [0.05, 0.1) is 9.95 Å². The van der Waals surface area contributed by atoms with Crippen LogP contribution in [0, 0.1) is 10.1 Å². The fraction of sp³-hybridized carbons (Fsp3) is 0. The topological polar surface area (TPSA) is 91.3 Å². The van der Waals surface area contributed by atoms with Crippen molar-refractivity contribution >= 4 is 23.1 Å². The van der Waals surface area contributed by atoms with Gasteiger partial charge in [-0.1, -0.05) is 23.7 Å². The molecule has 0 spiro atoms. The van der Waals surface area contributed by atoms with Crippen molar-refractivity contribution in [2.45, 2.75) is 0 Å². The number of anilines is 1. The van der Waals surface area contributed by atoms with Crippen molar-refractivity contribution in [3.8, 4) is 11.6 Å². The monoisotopic (exact) mass is 265 g/mol. The molecule has 0 amide bonds. The number of nitrogens with zero attached hydrogens (tertiary/aromatic N) is 2. The van der Waals surface area contributed by atoms with Gasteiger partial charge < -0.3 is 10.5 Å². The molecule has 0 aliphatic rings. The molecule has 18 heavy (non-hydrogen) atoms. The molecule has 6 nitrogen and oxygen atoms in total. The average molecular weight is 266 g/mol. The van der Waals surface area contributed by atoms with Crippen LogP contribution in [0.5, 0.6) is 11.6 Å². The standard InChI is InChI=1S/C11H8ClN3O3/c12-7-3-1-4-8(15(16)17)11(7)18-10-6-2-5-9(13)14-10/h1-6H,(H2,13,14). The van der Waals surface area contributed by atoms with E-state index < -0.39 is 4.92 Å². The molecule has 0 saturated heterocycles. The van der Waals surface area contributed by atoms with E-state index in [-0.39, 0.29) is 28.2 Å². The lowest BCUT2D eigenvalue weighted by atomic mass is 10.3. The summed E-state index contributed by atoms with van der Waals surface area (Å²) < 4.78 is 5.32. The number of pyridine rings is 1. The lowest BCUT2D eigenvalue weighted by molar-refractivity contribution is -0.385. The van der Waals surface area contributed by atoms with Crippen LogP contribution in [0.3, 0.4) is 0 Å². The highest BCUT2D eigenvalue weighted by Gasteiger charge is 2.19. The van der Waals surface area contributed by atoms with Crippen LogP contribution in [0.4, 0.5) is 11.5 Å². The molecular weight excluding hydrogens is 258 g/mol. The Balaban J connectivity index is 2.42. The first-order chi connectivity index (χ1) is 8.58. The Morgan fingerprint density at radius 2 is 2.00 bits per heavy atom. The van der Waals surface area contributed by atoms with E-state index in [0.29, 0.717) is 0 Å². The summed E-state index contributed by atoms with van der Waals surface area (Å²) in [5.41, 5.74) is 5.26. The third-order valence-corrected chi connectivity index (χ3v) is 2.39. The van der Waals surface area contributed by atoms with Crippen molar-refractivity contribution < 1.29 is 9.66 Å². The lowest BCUT2D eigenvalue weighted by Crippen LogP contribution is -1.97. The molecule has 0 atom stereocenters. The summed E-state index contributed by atoms with van der Waals surface area (Å²) in [5, 5.41) is 11.0. The van der Waals surface area contributed by atoms with Gasteiger partial charge >= 0.3 is 5.69 Å². The normalized spacial score (nSPS) is 10.1. The molecule has 0 radical (unpaired) electrons. The number of hydrogen-bond acceptors (Lipinski definition) is 5. The molecule has 2 aromatic rings. The van der Waals surface area contributed by atoms with Gasteiger partial charge in [-0.25, -0.2) is 0 Å². The summed E-state index contributed by atoms with van der Waals surface area (Å²) >= 11 is 5.87. The van der Waals surface area contributed by atoms with Crippen molar-refractivity contribution in [2.75, 3.05) is 5.73 Å². The molecule has 0 aliphatic heterocycles. The van der Waals surface area contributed by atoms with Gasteiger partial charge in [0.15, 0.2) is 0 Å². The molecule has 2 rings (SSSR count). The Labute approximate surface area is 107 Å². The minimum atomic E-state index is -0.576. The van der Waals surface area contributed by atoms with Crippen molar-refractivity contribution in [1.82, 2.24) is 4.98 Å². The predicted molar refractivity (Wildman–Crippen MR) is 66.8 cm³/mol. The third kappa shape index (κ3) is 2.49. The maximum absolute atomic E-state index is 10.9. The van der Waals surface area contributed by atoms with Gasteiger partial charge in [0, 0.05) is 12.1 Å². The van der Waals surface area contributed by atoms with Gasteiger partial charge in [0.25, 0.3) is 0 Å². The Hall–Kier alpha value is -2.34. The first-order valence-electron chi connectivity index (χ1n) is 4.91. The minimum Gasteiger partial charge on any atom is -0.430 e. The Morgan fingerprint density at radius 3 is 2.67 bits per heavy atom. The molecule has 0 bridgehead atoms. The second-order valence-electron chi connectivity index (χ2n) is 3.35. The highest BCUT2D eigenvalue weighted by atomic mass is 35.5. The van der Waals surface area contributed by atoms with Crippen LogP contribution < -0.4 is 10.5 Å². The second kappa shape index (κ2) is 4.89. The highest BCUT2D eigenvalue weighted by Crippen LogP contribution is 2.37. The minimum absolute atomic E-state index is 0.0535. The number of para-hydroxylation sites is 1. The summed E-state index contributed by atoms with van der Waals surface area (Å²) in [6, 6.07) is 9.00. The fourth-order valence-electron chi connectivity index (χ4n) is 1.33. The number of halogens is 1. The molecule has 1 aromatic carbocycles. The van der Waals surface area contributed by atoms with Gasteiger partial charge in [-0.2, -0.15) is 4.98 Å². The fourth-order valence-corrected chi connectivity index (χ4v) is 1.54. The summed E-state index contributed by atoms with van der Waals surface area (Å²) in [5.74, 6) is 0.343. The zero-order valence-electron chi connectivity index (χ0n) is 9.04. The van der Waals surface area contributed by atoms with Gasteiger partial charge in [-0.3, -0.25) is 10.1 Å². The van der Waals surface area contributed by atoms with E-state index in [1.165, 1.54) is 24.3 Å². The van der Waals surface area contributed by atoms with E-state index in [0.717, 1.165) is 0 Å². The van der Waals surface area contributed by atoms with Gasteiger partial charge in [0.2, 0.25) is 11.6 Å². The molecular formula is C11H8ClN3O3. The van der Waals surface area contributed by atoms with Crippen molar-refractivity contribution in [2.24, 2.45) is 0 Å². The van der Waals surface area contributed by atoms with E-state index in [4.69, 9.17) is 22.1 Å². The number of aromatic nitrogens is 1. The number of nitro benzene ring substituents is 1. The van der Waals surface area contributed by atoms with E-state index >= 15 is 0 Å². The van der Waals surface area contributed by atoms with E-state index in [2.05, 4.69) is 4.98 Å². The Bertz CT molecular complexity index is 604. The van der Waals surface area contributed by atoms with Gasteiger partial charge in [-0.05, 0) is 12.1 Å². The molecule has 1 aromatic heterocycles. The number of ether oxygens (including phenoxy) is 1. The molecule has 92 valence electrons. The second-order valence-corrected chi connectivity index (χ2v) is 3.76. The SMILES string of the molecule is Nc1cccc(Oc2c(Cl)cccc2[N+](=O)[O-])n1. The van der Waals surface area contributed by atoms with E-state index in [1.54, 1.807) is 12.1 Å². The summed E-state index contributed by atoms with van der Waals surface area (Å²) in [7, 11) is 0. The number of nitro groups is 1. The number of nitrogens with two attached hydrogens (primary N) is 1. The molecule has 1 heterocycles. The quantitative estimate of drug-likeness (QED) is 0.680. The zero-order valence-corrected chi connectivity index (χ0v) is 9.79. The highest BCUT2D eigenvalue weighted by molar-refractivity contribution is 6.32. The summed E-state index contributed by atoms with van der Waals surface area (Å²) in [4.78, 5) is 14.2. The van der Waals surface area contributed by atoms with Gasteiger partial charge in [0.1, 0.15) is 5.82 Å². The van der Waals surface area contributed by atoms with Crippen molar-refractivity contribution in [3.05, 3.63) is 51.5 Å². The van der Waals surface area contributed by atoms with Crippen LogP contribution in [0.1, 0.15) is 0 Å². The molecule has 0 fully saturated rings. The molecule has 0 unspecified atom stereocenters. The van der Waals surface area contributed by atoms with E-state index in [9.17, 15) is 10.1 Å². The van der Waals surface area contributed by atoms with E-state index in [1.807, 2.05) is 0 Å². The molecule has 7 heteroatoms. The van der Waals surface area contributed by atoms with Crippen LogP contribution in [0.2, 0.25) is 5.02 Å². The largest absolute Gasteiger partial charge is 0.430 e. The average Bonchev–Trinajstić information content (AvgIpc) is 2.31. The number of benzene rings is 1. The first kappa shape index (κ1) is 12.1. The first-order valence-corrected chi connectivity index (χ1v) is 5.29. The zero-order chi connectivity index (χ0) is 13.1. The number of rotatable bonds is 3. The summed E-state index contributed by atoms with van der Waals surface area (Å²) in [6.07, 6.45) is 0. The number of hydrogen-bond donors (Lipinski definition) is 1. The Morgan fingerprint density at radius 1 is 1.28 bits per heavy atom. The Kier molecular flexibility index (Phi) is 3.29. The van der Waals surface area contributed by atoms with Crippen LogP contribution >= 0.6 is 11.6 Å². The smallest absolute Gasteiger partial charge is 0.313 e.